The summed E-state index contributed by atoms with van der Waals surface area (Å²) in [7, 11) is 0. The van der Waals surface area contributed by atoms with Crippen molar-refractivity contribution in [3.8, 4) is 0 Å². The van der Waals surface area contributed by atoms with Crippen molar-refractivity contribution in [2.75, 3.05) is 0 Å². The molecule has 0 aliphatic carbocycles. The van der Waals surface area contributed by atoms with E-state index in [9.17, 15) is 0 Å². The molecular weight excluding hydrogens is 465 g/mol. The van der Waals surface area contributed by atoms with Crippen molar-refractivity contribution >= 4 is 0 Å². The van der Waals surface area contributed by atoms with Gasteiger partial charge in [-0.2, -0.15) is 0 Å². The third kappa shape index (κ3) is 265. The topological polar surface area (TPSA) is 190 Å². The molecule has 0 N–H and O–H groups in total. The summed E-state index contributed by atoms with van der Waals surface area (Å²) in [4.78, 5) is 0. The molecule has 14 heteroatoms. The minimum Gasteiger partial charge on any atom is 3.00 e. The molecule has 9 nitrogen and oxygen atoms in total. The van der Waals surface area contributed by atoms with Gasteiger partial charge in [-0.1, -0.05) is 0 Å². The Balaban J connectivity index is -0.0000000270. The summed E-state index contributed by atoms with van der Waals surface area (Å²) in [6.07, 6.45) is 0. The van der Waals surface area contributed by atoms with Gasteiger partial charge in [-0.25, -0.2) is 0 Å². The first-order valence-corrected chi connectivity index (χ1v) is 7.57. The van der Waals surface area contributed by atoms with Crippen LogP contribution in [0.25, 0.3) is 0 Å². The zero-order chi connectivity index (χ0) is 10.7. The predicted octanol–water partition coefficient (Wildman–Crippen LogP) is -7.50. The van der Waals surface area contributed by atoms with Gasteiger partial charge in [0.15, 0.2) is 0 Å². The summed E-state index contributed by atoms with van der Waals surface area (Å²) in [6.45, 7) is 0. The zero-order valence-electron chi connectivity index (χ0n) is 6.33. The second-order valence-electron chi connectivity index (χ2n) is 0.750. The summed E-state index contributed by atoms with van der Waals surface area (Å²) in [6, 6.07) is 0. The molecule has 0 aliphatic heterocycles. The zero-order valence-corrected chi connectivity index (χ0v) is 16.7. The van der Waals surface area contributed by atoms with Gasteiger partial charge in [-0.05, 0) is 0 Å². The first-order valence-electron chi connectivity index (χ1n) is 1.84. The van der Waals surface area contributed by atoms with E-state index < -0.39 is 55.8 Å². The second kappa shape index (κ2) is 25.4. The Kier molecular flexibility index (Phi) is 55.3. The minimum absolute atomic E-state index is 0. The van der Waals surface area contributed by atoms with Crippen LogP contribution in [0.5, 0.6) is 0 Å². The van der Waals surface area contributed by atoms with Gasteiger partial charge in [0.2, 0.25) is 0 Å². The van der Waals surface area contributed by atoms with Crippen LogP contribution in [0, 0.1) is 0 Å². The van der Waals surface area contributed by atoms with Crippen LogP contribution in [0.2, 0.25) is 0 Å². The largest absolute Gasteiger partial charge is 3.00 e. The van der Waals surface area contributed by atoms with Crippen LogP contribution in [0.15, 0.2) is 0 Å². The maximum Gasteiger partial charge on any atom is 3.00 e. The van der Waals surface area contributed by atoms with Crippen LogP contribution < -0.4 is 22.1 Å². The Bertz CT molecular complexity index is 116. The molecule has 0 amide bonds. The SMILES string of the molecule is [O]=[Ti]([O-])[O-].[O]=[Ti]([O-])[O-].[O]=[Ti]([O-])[O-].[Y+3].[Y+3]. The molecule has 0 spiro atoms. The molecule has 0 aromatic heterocycles. The maximum atomic E-state index is 8.58. The van der Waals surface area contributed by atoms with Gasteiger partial charge in [-0.15, -0.1) is 0 Å². The quantitative estimate of drug-likeness (QED) is 0.313. The van der Waals surface area contributed by atoms with E-state index in [0.29, 0.717) is 0 Å². The fourth-order valence-electron chi connectivity index (χ4n) is 0. The van der Waals surface area contributed by atoms with Gasteiger partial charge in [0.05, 0.1) is 0 Å². The van der Waals surface area contributed by atoms with Crippen LogP contribution in [0.4, 0.5) is 0 Å². The molecule has 0 heterocycles. The fourth-order valence-corrected chi connectivity index (χ4v) is 0. The number of hydrogen-bond donors (Lipinski definition) is 0. The van der Waals surface area contributed by atoms with Crippen molar-refractivity contribution in [3.05, 3.63) is 0 Å². The molecule has 14 heavy (non-hydrogen) atoms. The summed E-state index contributed by atoms with van der Waals surface area (Å²) in [5, 5.41) is 0. The molecule has 0 aliphatic rings. The minimum atomic E-state index is -4.08. The molecular formula is O9Ti3Y2. The standard InChI is InChI=1S/9O.3Ti.2Y/q;;;6*-1;;;;2*+3. The Morgan fingerprint density at radius 1 is 0.500 bits per heavy atom. The van der Waals surface area contributed by atoms with Gasteiger partial charge in [0, 0.05) is 0 Å². The molecule has 0 unspecified atom stereocenters. The van der Waals surface area contributed by atoms with Crippen molar-refractivity contribution in [1.29, 1.82) is 0 Å². The van der Waals surface area contributed by atoms with Crippen LogP contribution in [0.1, 0.15) is 0 Å². The van der Waals surface area contributed by atoms with Crippen molar-refractivity contribution < 1.29 is 153 Å². The summed E-state index contributed by atoms with van der Waals surface area (Å²) in [5.74, 6) is 0. The monoisotopic (exact) mass is 466 g/mol. The smallest absolute Gasteiger partial charge is 3.00 e. The third-order valence-corrected chi connectivity index (χ3v) is 0. The molecule has 0 saturated carbocycles. The Morgan fingerprint density at radius 2 is 0.500 bits per heavy atom. The van der Waals surface area contributed by atoms with Crippen LogP contribution in [-0.2, 0) is 131 Å². The molecule has 0 aromatic carbocycles. The summed E-state index contributed by atoms with van der Waals surface area (Å²) in [5.41, 5.74) is 0. The molecule has 0 saturated heterocycles. The Labute approximate surface area is 150 Å². The van der Waals surface area contributed by atoms with E-state index >= 15 is 0 Å². The van der Waals surface area contributed by atoms with Gasteiger partial charge in [0.1, 0.15) is 0 Å². The van der Waals surface area contributed by atoms with E-state index in [1.54, 1.807) is 0 Å². The van der Waals surface area contributed by atoms with Crippen LogP contribution in [-0.4, -0.2) is 0 Å². The van der Waals surface area contributed by atoms with E-state index in [1.807, 2.05) is 0 Å². The molecule has 0 radical (unpaired) electrons. The average Bonchev–Trinajstić information content (AvgIpc) is 1.54. The van der Waals surface area contributed by atoms with E-state index in [-0.39, 0.29) is 65.4 Å². The van der Waals surface area contributed by atoms with Crippen molar-refractivity contribution in [2.45, 2.75) is 0 Å². The third-order valence-electron chi connectivity index (χ3n) is 0. The van der Waals surface area contributed by atoms with Crippen molar-refractivity contribution in [3.63, 3.8) is 0 Å². The normalized spacial score (nSPS) is 5.57. The van der Waals surface area contributed by atoms with Gasteiger partial charge < -0.3 is 0 Å². The molecule has 0 atom stereocenters. The van der Waals surface area contributed by atoms with Gasteiger partial charge in [0.25, 0.3) is 0 Å². The Morgan fingerprint density at radius 3 is 0.500 bits per heavy atom. The number of hydrogen-bond acceptors (Lipinski definition) is 9. The maximum absolute atomic E-state index is 8.58. The molecule has 0 bridgehead atoms. The van der Waals surface area contributed by atoms with E-state index in [1.165, 1.54) is 0 Å². The molecule has 72 valence electrons. The van der Waals surface area contributed by atoms with E-state index in [0.717, 1.165) is 0 Å². The van der Waals surface area contributed by atoms with Crippen LogP contribution >= 0.6 is 0 Å². The molecule has 0 fully saturated rings. The average molecular weight is 465 g/mol. The van der Waals surface area contributed by atoms with Gasteiger partial charge in [-0.3, -0.25) is 0 Å². The second-order valence-corrected chi connectivity index (χ2v) is 3.09. The van der Waals surface area contributed by atoms with Gasteiger partial charge >= 0.3 is 153 Å². The fraction of sp³-hybridized carbons (Fsp3) is 0. The summed E-state index contributed by atoms with van der Waals surface area (Å²) < 4.78 is 77.2. The Hall–Kier alpha value is 3.51. The first kappa shape index (κ1) is 30.5. The van der Waals surface area contributed by atoms with E-state index in [4.69, 9.17) is 32.1 Å². The van der Waals surface area contributed by atoms with Crippen LogP contribution in [0.3, 0.4) is 0 Å². The number of rotatable bonds is 0. The molecule has 0 rings (SSSR count). The predicted molar refractivity (Wildman–Crippen MR) is 2.06 cm³/mol. The van der Waals surface area contributed by atoms with Crippen molar-refractivity contribution in [2.24, 2.45) is 0 Å². The summed E-state index contributed by atoms with van der Waals surface area (Å²) >= 11 is -12.2. The van der Waals surface area contributed by atoms with Crippen molar-refractivity contribution in [1.82, 2.24) is 0 Å². The molecule has 0 aromatic rings. The first-order chi connectivity index (χ1) is 5.20. The van der Waals surface area contributed by atoms with E-state index in [2.05, 4.69) is 0 Å².